The van der Waals surface area contributed by atoms with Crippen LogP contribution in [0.4, 0.5) is 0 Å². The average molecular weight is 163 g/mol. The Bertz CT molecular complexity index is 139. The van der Waals surface area contributed by atoms with Gasteiger partial charge < -0.3 is 0 Å². The Balaban J connectivity index is 0. The fourth-order valence-corrected chi connectivity index (χ4v) is 0.448. The van der Waals surface area contributed by atoms with Crippen LogP contribution in [0.25, 0.3) is 0 Å². The second kappa shape index (κ2) is 9.41. The van der Waals surface area contributed by atoms with Crippen LogP contribution in [-0.4, -0.2) is 4.98 Å². The van der Waals surface area contributed by atoms with Gasteiger partial charge >= 0.3 is 0 Å². The van der Waals surface area contributed by atoms with Gasteiger partial charge in [-0.05, 0) is 18.6 Å². The standard InChI is InChI=1S/C6H7N.C2H6.Ar/c1-6-3-2-4-7-5-6;1-2;/h2-5H,1H3;1-2H3;. The summed E-state index contributed by atoms with van der Waals surface area (Å²) in [4.78, 5) is 3.88. The van der Waals surface area contributed by atoms with Crippen molar-refractivity contribution in [2.75, 3.05) is 0 Å². The fourth-order valence-electron chi connectivity index (χ4n) is 0.448. The molecule has 0 saturated heterocycles. The molecule has 0 N–H and O–H groups in total. The van der Waals surface area contributed by atoms with E-state index in [4.69, 9.17) is 0 Å². The molecule has 58 valence electrons. The van der Waals surface area contributed by atoms with E-state index in [0.29, 0.717) is 0 Å². The van der Waals surface area contributed by atoms with Gasteiger partial charge in [0.15, 0.2) is 0 Å². The molecule has 1 heterocycles. The summed E-state index contributed by atoms with van der Waals surface area (Å²) in [5, 5.41) is 0. The summed E-state index contributed by atoms with van der Waals surface area (Å²) in [6.45, 7) is 6.02. The smallest absolute Gasteiger partial charge is 0.0297 e. The first-order valence-corrected chi connectivity index (χ1v) is 3.26. The number of rotatable bonds is 0. The Hall–Kier alpha value is 0.410. The summed E-state index contributed by atoms with van der Waals surface area (Å²) in [6.07, 6.45) is 3.60. The molecule has 0 fully saturated rings. The number of aromatic nitrogens is 1. The Morgan fingerprint density at radius 3 is 2.10 bits per heavy atom. The Labute approximate surface area is 92.9 Å². The van der Waals surface area contributed by atoms with Gasteiger partial charge in [-0.2, -0.15) is 0 Å². The number of aryl methyl sites for hydroxylation is 1. The van der Waals surface area contributed by atoms with Gasteiger partial charge in [0, 0.05) is 50.1 Å². The molecule has 0 unspecified atom stereocenters. The van der Waals surface area contributed by atoms with Crippen molar-refractivity contribution in [1.29, 1.82) is 0 Å². The monoisotopic (exact) mass is 163 g/mol. The van der Waals surface area contributed by atoms with Crippen molar-refractivity contribution in [2.45, 2.75) is 20.8 Å². The normalized spacial score (nSPS) is 6.70. The number of nitrogens with zero attached hydrogens (tertiary/aromatic N) is 1. The van der Waals surface area contributed by atoms with Crippen molar-refractivity contribution in [3.05, 3.63) is 30.1 Å². The SMILES string of the molecule is CC.Cc1cccnc1.[Ar]. The maximum Gasteiger partial charge on any atom is 0.0297 e. The van der Waals surface area contributed by atoms with E-state index in [1.54, 1.807) is 6.20 Å². The van der Waals surface area contributed by atoms with E-state index < -0.39 is 0 Å². The van der Waals surface area contributed by atoms with E-state index in [1.807, 2.05) is 39.1 Å². The van der Waals surface area contributed by atoms with Gasteiger partial charge in [-0.3, -0.25) is 4.98 Å². The molecule has 1 aromatic rings. The minimum atomic E-state index is 0. The zero-order chi connectivity index (χ0) is 7.11. The molecule has 0 radical (unpaired) electrons. The molecule has 1 rings (SSSR count). The molecule has 0 aliphatic heterocycles. The molecule has 0 bridgehead atoms. The second-order valence-electron chi connectivity index (χ2n) is 1.53. The zero-order valence-electron chi connectivity index (χ0n) is 6.61. The third kappa shape index (κ3) is 6.53. The largest absolute Gasteiger partial charge is 0.264 e. The predicted octanol–water partition coefficient (Wildman–Crippen LogP) is 2.42. The Morgan fingerprint density at radius 1 is 1.30 bits per heavy atom. The molecule has 0 saturated carbocycles. The van der Waals surface area contributed by atoms with Crippen LogP contribution >= 0.6 is 0 Å². The van der Waals surface area contributed by atoms with Crippen LogP contribution in [0.1, 0.15) is 19.4 Å². The van der Waals surface area contributed by atoms with Gasteiger partial charge in [0.2, 0.25) is 0 Å². The predicted molar refractivity (Wildman–Crippen MR) is 40.3 cm³/mol. The second-order valence-corrected chi connectivity index (χ2v) is 1.53. The maximum absolute atomic E-state index is 3.88. The van der Waals surface area contributed by atoms with Crippen LogP contribution in [0.3, 0.4) is 0 Å². The molecule has 0 aliphatic carbocycles. The first kappa shape index (κ1) is 13.0. The molecule has 0 aliphatic rings. The van der Waals surface area contributed by atoms with Gasteiger partial charge in [-0.1, -0.05) is 19.9 Å². The molecule has 1 nitrogen and oxygen atoms in total. The van der Waals surface area contributed by atoms with Crippen molar-refractivity contribution < 1.29 is 37.7 Å². The van der Waals surface area contributed by atoms with Crippen LogP contribution in [0.2, 0.25) is 0 Å². The van der Waals surface area contributed by atoms with Crippen molar-refractivity contribution in [3.8, 4) is 0 Å². The first-order valence-electron chi connectivity index (χ1n) is 3.26. The first-order chi connectivity index (χ1) is 4.39. The summed E-state index contributed by atoms with van der Waals surface area (Å²) in [5.74, 6) is 0. The third-order valence-electron chi connectivity index (χ3n) is 0.809. The quantitative estimate of drug-likeness (QED) is 0.572. The maximum atomic E-state index is 3.88. The molecule has 1 aromatic heterocycles. The summed E-state index contributed by atoms with van der Waals surface area (Å²) in [5.41, 5.74) is 1.21. The van der Waals surface area contributed by atoms with E-state index >= 15 is 0 Å². The van der Waals surface area contributed by atoms with E-state index in [2.05, 4.69) is 4.98 Å². The minimum absolute atomic E-state index is 0. The molecule has 2 heteroatoms. The molecular formula is C8H13ArN. The summed E-state index contributed by atoms with van der Waals surface area (Å²) >= 11 is 0. The van der Waals surface area contributed by atoms with Crippen LogP contribution in [0.5, 0.6) is 0 Å². The summed E-state index contributed by atoms with van der Waals surface area (Å²) < 4.78 is 0. The van der Waals surface area contributed by atoms with Gasteiger partial charge in [0.25, 0.3) is 0 Å². The molecular weight excluding hydrogens is 150 g/mol. The fraction of sp³-hybridized carbons (Fsp3) is 0.375. The molecule has 10 heavy (non-hydrogen) atoms. The summed E-state index contributed by atoms with van der Waals surface area (Å²) in [7, 11) is 0. The third-order valence-corrected chi connectivity index (χ3v) is 0.809. The van der Waals surface area contributed by atoms with Gasteiger partial charge in [0.1, 0.15) is 0 Å². The Kier molecular flexibility index (Phi) is 12.3. The van der Waals surface area contributed by atoms with Gasteiger partial charge in [-0.15, -0.1) is 0 Å². The van der Waals surface area contributed by atoms with E-state index in [-0.39, 0.29) is 37.7 Å². The minimum Gasteiger partial charge on any atom is -0.264 e. The van der Waals surface area contributed by atoms with E-state index in [9.17, 15) is 0 Å². The topological polar surface area (TPSA) is 12.9 Å². The molecule has 0 atom stereocenters. The van der Waals surface area contributed by atoms with Crippen LogP contribution in [0, 0.1) is 44.7 Å². The van der Waals surface area contributed by atoms with Gasteiger partial charge in [-0.25, -0.2) is 0 Å². The van der Waals surface area contributed by atoms with Crippen molar-refractivity contribution in [3.63, 3.8) is 0 Å². The number of pyridine rings is 1. The molecule has 0 aromatic carbocycles. The molecule has 0 amide bonds. The Morgan fingerprint density at radius 2 is 1.90 bits per heavy atom. The van der Waals surface area contributed by atoms with Crippen molar-refractivity contribution in [1.82, 2.24) is 4.98 Å². The van der Waals surface area contributed by atoms with Crippen LogP contribution in [-0.2, 0) is 0 Å². The average Bonchev–Trinajstić information content (AvgIpc) is 1.94. The summed E-state index contributed by atoms with van der Waals surface area (Å²) in [6, 6.07) is 3.95. The zero-order valence-corrected chi connectivity index (χ0v) is 7.32. The van der Waals surface area contributed by atoms with Crippen LogP contribution in [0.15, 0.2) is 24.5 Å². The van der Waals surface area contributed by atoms with Gasteiger partial charge in [0.05, 0.1) is 0 Å². The number of hydrogen-bond acceptors (Lipinski definition) is 1. The van der Waals surface area contributed by atoms with Crippen molar-refractivity contribution in [2.24, 2.45) is 0 Å². The van der Waals surface area contributed by atoms with Crippen LogP contribution < -0.4 is 0 Å². The molecule has 0 spiro atoms. The number of hydrogen-bond donors (Lipinski definition) is 0. The van der Waals surface area contributed by atoms with Crippen molar-refractivity contribution >= 4 is 0 Å². The van der Waals surface area contributed by atoms with E-state index in [1.165, 1.54) is 5.56 Å². The van der Waals surface area contributed by atoms with E-state index in [0.717, 1.165) is 0 Å².